The molecule has 1 aromatic carbocycles. The Morgan fingerprint density at radius 3 is 2.94 bits per heavy atom. The lowest BCUT2D eigenvalue weighted by Crippen LogP contribution is -2.47. The molecule has 1 aliphatic rings. The van der Waals surface area contributed by atoms with Crippen molar-refractivity contribution in [3.63, 3.8) is 0 Å². The van der Waals surface area contributed by atoms with E-state index in [1.807, 2.05) is 0 Å². The van der Waals surface area contributed by atoms with Crippen LogP contribution >= 0.6 is 0 Å². The first-order chi connectivity index (χ1) is 8.19. The van der Waals surface area contributed by atoms with Gasteiger partial charge in [0.2, 0.25) is 0 Å². The van der Waals surface area contributed by atoms with E-state index >= 15 is 0 Å². The lowest BCUT2D eigenvalue weighted by molar-refractivity contribution is 0.149. The summed E-state index contributed by atoms with van der Waals surface area (Å²) < 4.78 is 0. The van der Waals surface area contributed by atoms with Crippen LogP contribution < -0.4 is 5.73 Å². The number of β-amino-alcohol motifs (C(OH)–C–C–N with tert-alkyl or cyclic N) is 1. The normalized spacial score (nSPS) is 26.1. The van der Waals surface area contributed by atoms with Gasteiger partial charge < -0.3 is 10.8 Å². The first kappa shape index (κ1) is 12.6. The molecule has 0 bridgehead atoms. The Kier molecular flexibility index (Phi) is 4.15. The minimum absolute atomic E-state index is 0.216. The van der Waals surface area contributed by atoms with Crippen molar-refractivity contribution in [2.75, 3.05) is 26.2 Å². The molecular weight excluding hydrogens is 212 g/mol. The Morgan fingerprint density at radius 2 is 2.24 bits per heavy atom. The highest BCUT2D eigenvalue weighted by Gasteiger charge is 2.25. The molecule has 0 saturated carbocycles. The number of aliphatic hydroxyl groups is 1. The molecule has 1 saturated heterocycles. The number of rotatable bonds is 3. The van der Waals surface area contributed by atoms with Crippen molar-refractivity contribution in [1.29, 1.82) is 0 Å². The van der Waals surface area contributed by atoms with Crippen LogP contribution in [-0.4, -0.2) is 42.3 Å². The van der Waals surface area contributed by atoms with E-state index < -0.39 is 0 Å². The maximum absolute atomic E-state index is 9.02. The van der Waals surface area contributed by atoms with Gasteiger partial charge in [0.15, 0.2) is 0 Å². The van der Waals surface area contributed by atoms with E-state index in [0.29, 0.717) is 5.92 Å². The monoisotopic (exact) mass is 234 g/mol. The first-order valence-corrected chi connectivity index (χ1v) is 6.34. The van der Waals surface area contributed by atoms with Gasteiger partial charge in [0.05, 0.1) is 6.61 Å². The standard InChI is InChI=1S/C14H22N2O/c1-11-3-2-4-12(7-11)13-8-14(15)10-16(9-13)5-6-17/h2-4,7,13-14,17H,5-6,8-10,15H2,1H3. The summed E-state index contributed by atoms with van der Waals surface area (Å²) in [5, 5.41) is 9.02. The van der Waals surface area contributed by atoms with Crippen LogP contribution in [0.2, 0.25) is 0 Å². The number of hydrogen-bond donors (Lipinski definition) is 2. The van der Waals surface area contributed by atoms with Crippen molar-refractivity contribution in [2.24, 2.45) is 5.73 Å². The largest absolute Gasteiger partial charge is 0.395 e. The molecule has 1 heterocycles. The lowest BCUT2D eigenvalue weighted by Gasteiger charge is -2.36. The van der Waals surface area contributed by atoms with Crippen molar-refractivity contribution in [3.05, 3.63) is 35.4 Å². The minimum atomic E-state index is 0.216. The zero-order chi connectivity index (χ0) is 12.3. The number of hydrogen-bond acceptors (Lipinski definition) is 3. The molecule has 2 rings (SSSR count). The maximum atomic E-state index is 9.02. The van der Waals surface area contributed by atoms with Crippen LogP contribution in [0.15, 0.2) is 24.3 Å². The zero-order valence-electron chi connectivity index (χ0n) is 10.5. The smallest absolute Gasteiger partial charge is 0.0558 e. The van der Waals surface area contributed by atoms with Crippen molar-refractivity contribution < 1.29 is 5.11 Å². The van der Waals surface area contributed by atoms with Gasteiger partial charge in [-0.15, -0.1) is 0 Å². The summed E-state index contributed by atoms with van der Waals surface area (Å²) in [7, 11) is 0. The highest BCUT2D eigenvalue weighted by molar-refractivity contribution is 5.26. The molecular formula is C14H22N2O. The van der Waals surface area contributed by atoms with Crippen molar-refractivity contribution >= 4 is 0 Å². The Balaban J connectivity index is 2.09. The van der Waals surface area contributed by atoms with Crippen LogP contribution in [0.5, 0.6) is 0 Å². The summed E-state index contributed by atoms with van der Waals surface area (Å²) in [4.78, 5) is 2.27. The third-order valence-electron chi connectivity index (χ3n) is 3.49. The Hall–Kier alpha value is -0.900. The minimum Gasteiger partial charge on any atom is -0.395 e. The molecule has 3 nitrogen and oxygen atoms in total. The van der Waals surface area contributed by atoms with Crippen LogP contribution in [0.3, 0.4) is 0 Å². The van der Waals surface area contributed by atoms with Gasteiger partial charge in [-0.25, -0.2) is 0 Å². The summed E-state index contributed by atoms with van der Waals surface area (Å²) in [6.07, 6.45) is 1.05. The van der Waals surface area contributed by atoms with Gasteiger partial charge >= 0.3 is 0 Å². The highest BCUT2D eigenvalue weighted by atomic mass is 16.3. The zero-order valence-corrected chi connectivity index (χ0v) is 10.5. The summed E-state index contributed by atoms with van der Waals surface area (Å²) in [5.74, 6) is 0.505. The predicted octanol–water partition coefficient (Wildman–Crippen LogP) is 1.10. The fourth-order valence-electron chi connectivity index (χ4n) is 2.72. The molecule has 94 valence electrons. The van der Waals surface area contributed by atoms with Crippen LogP contribution in [-0.2, 0) is 0 Å². The molecule has 3 heteroatoms. The van der Waals surface area contributed by atoms with E-state index in [0.717, 1.165) is 26.1 Å². The number of likely N-dealkylation sites (tertiary alicyclic amines) is 1. The predicted molar refractivity (Wildman–Crippen MR) is 70.0 cm³/mol. The second kappa shape index (κ2) is 5.63. The fourth-order valence-corrected chi connectivity index (χ4v) is 2.72. The van der Waals surface area contributed by atoms with E-state index in [-0.39, 0.29) is 12.6 Å². The molecule has 1 aliphatic heterocycles. The van der Waals surface area contributed by atoms with Crippen LogP contribution in [0.25, 0.3) is 0 Å². The summed E-state index contributed by atoms with van der Waals surface area (Å²) >= 11 is 0. The molecule has 17 heavy (non-hydrogen) atoms. The molecule has 0 aromatic heterocycles. The number of piperidine rings is 1. The molecule has 2 unspecified atom stereocenters. The van der Waals surface area contributed by atoms with Gasteiger partial charge in [0, 0.05) is 25.7 Å². The molecule has 2 atom stereocenters. The average molecular weight is 234 g/mol. The second-order valence-corrected chi connectivity index (χ2v) is 5.09. The SMILES string of the molecule is Cc1cccc(C2CC(N)CN(CCO)C2)c1. The summed E-state index contributed by atoms with van der Waals surface area (Å²) in [6.45, 7) is 4.99. The van der Waals surface area contributed by atoms with Gasteiger partial charge in [-0.2, -0.15) is 0 Å². The average Bonchev–Trinajstić information content (AvgIpc) is 2.28. The van der Waals surface area contributed by atoms with Gasteiger partial charge in [-0.05, 0) is 24.8 Å². The topological polar surface area (TPSA) is 49.5 Å². The molecule has 0 aliphatic carbocycles. The van der Waals surface area contributed by atoms with Crippen LogP contribution in [0.1, 0.15) is 23.5 Å². The number of nitrogens with zero attached hydrogens (tertiary/aromatic N) is 1. The summed E-state index contributed by atoms with van der Waals surface area (Å²) in [5.41, 5.74) is 8.78. The molecule has 0 radical (unpaired) electrons. The molecule has 0 amide bonds. The van der Waals surface area contributed by atoms with Gasteiger partial charge in [0.25, 0.3) is 0 Å². The van der Waals surface area contributed by atoms with Crippen LogP contribution in [0.4, 0.5) is 0 Å². The van der Waals surface area contributed by atoms with E-state index in [9.17, 15) is 0 Å². The maximum Gasteiger partial charge on any atom is 0.0558 e. The number of aryl methyl sites for hydroxylation is 1. The highest BCUT2D eigenvalue weighted by Crippen LogP contribution is 2.26. The van der Waals surface area contributed by atoms with Gasteiger partial charge in [-0.3, -0.25) is 4.90 Å². The molecule has 1 fully saturated rings. The quantitative estimate of drug-likeness (QED) is 0.823. The van der Waals surface area contributed by atoms with Gasteiger partial charge in [-0.1, -0.05) is 29.8 Å². The number of nitrogens with two attached hydrogens (primary N) is 1. The Bertz CT molecular complexity index is 367. The molecule has 0 spiro atoms. The second-order valence-electron chi connectivity index (χ2n) is 5.09. The Labute approximate surface area is 103 Å². The third-order valence-corrected chi connectivity index (χ3v) is 3.49. The third kappa shape index (κ3) is 3.28. The van der Waals surface area contributed by atoms with Gasteiger partial charge in [0.1, 0.15) is 0 Å². The lowest BCUT2D eigenvalue weighted by atomic mass is 9.88. The van der Waals surface area contributed by atoms with Crippen LogP contribution in [0, 0.1) is 6.92 Å². The number of benzene rings is 1. The summed E-state index contributed by atoms with van der Waals surface area (Å²) in [6, 6.07) is 8.90. The first-order valence-electron chi connectivity index (χ1n) is 6.34. The van der Waals surface area contributed by atoms with E-state index in [2.05, 4.69) is 36.1 Å². The number of aliphatic hydroxyl groups excluding tert-OH is 1. The van der Waals surface area contributed by atoms with Crippen molar-refractivity contribution in [2.45, 2.75) is 25.3 Å². The van der Waals surface area contributed by atoms with Crippen molar-refractivity contribution in [1.82, 2.24) is 4.90 Å². The van der Waals surface area contributed by atoms with Crippen molar-refractivity contribution in [3.8, 4) is 0 Å². The fraction of sp³-hybridized carbons (Fsp3) is 0.571. The molecule has 1 aromatic rings. The van der Waals surface area contributed by atoms with E-state index in [4.69, 9.17) is 10.8 Å². The van der Waals surface area contributed by atoms with E-state index in [1.165, 1.54) is 11.1 Å². The van der Waals surface area contributed by atoms with E-state index in [1.54, 1.807) is 0 Å². The molecule has 3 N–H and O–H groups in total. The Morgan fingerprint density at radius 1 is 1.41 bits per heavy atom.